The van der Waals surface area contributed by atoms with E-state index < -0.39 is 9.75 Å². The third-order valence-electron chi connectivity index (χ3n) is 0.652. The third kappa shape index (κ3) is 2.74. The summed E-state index contributed by atoms with van der Waals surface area (Å²) < 4.78 is 3.04. The van der Waals surface area contributed by atoms with Gasteiger partial charge in [0.2, 0.25) is 3.78 Å². The lowest BCUT2D eigenvalue weighted by Gasteiger charge is -2.11. The first kappa shape index (κ1) is 9.53. The summed E-state index contributed by atoms with van der Waals surface area (Å²) in [5, 5.41) is 0. The molecule has 0 saturated heterocycles. The number of alkyl halides is 3. The van der Waals surface area contributed by atoms with Crippen LogP contribution in [0.4, 0.5) is 0 Å². The van der Waals surface area contributed by atoms with Crippen LogP contribution in [-0.2, 0) is 9.53 Å². The average Bonchev–Trinajstić information content (AvgIpc) is 1.86. The molecule has 0 aliphatic rings. The van der Waals surface area contributed by atoms with Gasteiger partial charge in [-0.05, 0) is 0 Å². The molecule has 0 unspecified atom stereocenters. The zero-order chi connectivity index (χ0) is 7.49. The molecule has 9 heavy (non-hydrogen) atoms. The third-order valence-corrected chi connectivity index (χ3v) is 2.40. The highest BCUT2D eigenvalue weighted by atomic mass is 79.9. The Labute approximate surface area is 71.6 Å². The summed E-state index contributed by atoms with van der Waals surface area (Å²) in [6, 6.07) is 0. The molecular formula is C4H5BrCl2O2. The van der Waals surface area contributed by atoms with E-state index in [0.29, 0.717) is 0 Å². The van der Waals surface area contributed by atoms with Gasteiger partial charge < -0.3 is 4.74 Å². The molecule has 0 bridgehead atoms. The van der Waals surface area contributed by atoms with Crippen molar-refractivity contribution in [2.24, 2.45) is 0 Å². The van der Waals surface area contributed by atoms with Gasteiger partial charge in [0.25, 0.3) is 0 Å². The van der Waals surface area contributed by atoms with Gasteiger partial charge in [-0.1, -0.05) is 27.5 Å². The summed E-state index contributed by atoms with van der Waals surface area (Å²) in [6.07, 6.45) is 0. The second-order valence-corrected chi connectivity index (χ2v) is 4.05. The van der Waals surface area contributed by atoms with E-state index in [1.54, 1.807) is 0 Å². The predicted molar refractivity (Wildman–Crippen MR) is 40.2 cm³/mol. The largest absolute Gasteiger partial charge is 0.467 e. The minimum Gasteiger partial charge on any atom is -0.467 e. The highest BCUT2D eigenvalue weighted by Gasteiger charge is 2.32. The van der Waals surface area contributed by atoms with Crippen molar-refractivity contribution in [3.63, 3.8) is 0 Å². The second kappa shape index (κ2) is 3.64. The van der Waals surface area contributed by atoms with Crippen molar-refractivity contribution in [1.82, 2.24) is 0 Å². The molecule has 0 radical (unpaired) electrons. The van der Waals surface area contributed by atoms with Gasteiger partial charge in [0.15, 0.2) is 0 Å². The standard InChI is InChI=1S/C4H5BrCl2O2/c1-9-3(8)4(5,7)2-6/h2H2,1H3/t4-/m1/s1. The number of halogens is 3. The van der Waals surface area contributed by atoms with E-state index in [9.17, 15) is 4.79 Å². The quantitative estimate of drug-likeness (QED) is 0.539. The van der Waals surface area contributed by atoms with E-state index in [1.165, 1.54) is 7.11 Å². The summed E-state index contributed by atoms with van der Waals surface area (Å²) in [5.41, 5.74) is 0. The first-order chi connectivity index (χ1) is 4.04. The zero-order valence-electron chi connectivity index (χ0n) is 4.66. The number of rotatable bonds is 2. The highest BCUT2D eigenvalue weighted by molar-refractivity contribution is 9.10. The Morgan fingerprint density at radius 1 is 1.89 bits per heavy atom. The summed E-state index contributed by atoms with van der Waals surface area (Å²) in [5.74, 6) is -0.611. The Hall–Kier alpha value is 0.530. The Balaban J connectivity index is 3.97. The fourth-order valence-electron chi connectivity index (χ4n) is 0.204. The Kier molecular flexibility index (Phi) is 3.85. The number of hydrogen-bond acceptors (Lipinski definition) is 2. The van der Waals surface area contributed by atoms with Gasteiger partial charge in [0.05, 0.1) is 13.0 Å². The summed E-state index contributed by atoms with van der Waals surface area (Å²) in [4.78, 5) is 10.6. The maximum absolute atomic E-state index is 10.6. The zero-order valence-corrected chi connectivity index (χ0v) is 7.76. The van der Waals surface area contributed by atoms with Crippen molar-refractivity contribution in [3.05, 3.63) is 0 Å². The first-order valence-corrected chi connectivity index (χ1v) is 3.77. The second-order valence-electron chi connectivity index (χ2n) is 1.33. The fourth-order valence-corrected chi connectivity index (χ4v) is 0.552. The van der Waals surface area contributed by atoms with Crippen molar-refractivity contribution >= 4 is 45.1 Å². The van der Waals surface area contributed by atoms with Crippen molar-refractivity contribution in [2.45, 2.75) is 3.78 Å². The molecule has 0 saturated carbocycles. The number of ether oxygens (including phenoxy) is 1. The van der Waals surface area contributed by atoms with E-state index in [2.05, 4.69) is 20.7 Å². The minimum absolute atomic E-state index is 0.0266. The minimum atomic E-state index is -1.26. The van der Waals surface area contributed by atoms with Crippen molar-refractivity contribution < 1.29 is 9.53 Å². The lowest BCUT2D eigenvalue weighted by atomic mass is 10.5. The van der Waals surface area contributed by atoms with Crippen LogP contribution >= 0.6 is 39.1 Å². The number of hydrogen-bond donors (Lipinski definition) is 0. The van der Waals surface area contributed by atoms with E-state index in [1.807, 2.05) is 0 Å². The molecule has 0 aliphatic heterocycles. The molecule has 0 N–H and O–H groups in total. The molecular weight excluding hydrogens is 231 g/mol. The Morgan fingerprint density at radius 3 is 2.44 bits per heavy atom. The summed E-state index contributed by atoms with van der Waals surface area (Å²) >= 11 is 13.6. The SMILES string of the molecule is COC(=O)[C@@](Cl)(Br)CCl. The molecule has 54 valence electrons. The lowest BCUT2D eigenvalue weighted by molar-refractivity contribution is -0.140. The molecule has 0 aromatic carbocycles. The van der Waals surface area contributed by atoms with Crippen LogP contribution in [0, 0.1) is 0 Å². The van der Waals surface area contributed by atoms with Crippen LogP contribution < -0.4 is 0 Å². The monoisotopic (exact) mass is 234 g/mol. The lowest BCUT2D eigenvalue weighted by Crippen LogP contribution is -2.28. The molecule has 0 aromatic rings. The first-order valence-electron chi connectivity index (χ1n) is 2.07. The molecule has 0 amide bonds. The maximum atomic E-state index is 10.6. The summed E-state index contributed by atoms with van der Waals surface area (Å²) in [7, 11) is 1.24. The molecule has 2 nitrogen and oxygen atoms in total. The molecule has 0 aliphatic carbocycles. The predicted octanol–water partition coefficient (Wildman–Crippen LogP) is 1.73. The van der Waals surface area contributed by atoms with Crippen molar-refractivity contribution in [2.75, 3.05) is 13.0 Å². The van der Waals surface area contributed by atoms with Gasteiger partial charge in [-0.3, -0.25) is 0 Å². The van der Waals surface area contributed by atoms with Gasteiger partial charge >= 0.3 is 5.97 Å². The van der Waals surface area contributed by atoms with E-state index >= 15 is 0 Å². The van der Waals surface area contributed by atoms with Crippen LogP contribution in [-0.4, -0.2) is 22.7 Å². The molecule has 1 atom stereocenters. The molecule has 0 heterocycles. The van der Waals surface area contributed by atoms with Crippen LogP contribution in [0.5, 0.6) is 0 Å². The van der Waals surface area contributed by atoms with Crippen LogP contribution in [0.2, 0.25) is 0 Å². The topological polar surface area (TPSA) is 26.3 Å². The van der Waals surface area contributed by atoms with E-state index in [-0.39, 0.29) is 5.88 Å². The Bertz CT molecular complexity index is 115. The van der Waals surface area contributed by atoms with Crippen LogP contribution in [0.25, 0.3) is 0 Å². The molecule has 0 spiro atoms. The molecule has 0 aromatic heterocycles. The fraction of sp³-hybridized carbons (Fsp3) is 0.750. The van der Waals surface area contributed by atoms with Gasteiger partial charge in [-0.25, -0.2) is 4.79 Å². The van der Waals surface area contributed by atoms with Crippen molar-refractivity contribution in [3.8, 4) is 0 Å². The van der Waals surface area contributed by atoms with Gasteiger partial charge in [-0.2, -0.15) is 0 Å². The van der Waals surface area contributed by atoms with Crippen LogP contribution in [0.1, 0.15) is 0 Å². The maximum Gasteiger partial charge on any atom is 0.339 e. The normalized spacial score (nSPS) is 16.4. The summed E-state index contributed by atoms with van der Waals surface area (Å²) in [6.45, 7) is 0. The van der Waals surface area contributed by atoms with Gasteiger partial charge in [-0.15, -0.1) is 11.6 Å². The Morgan fingerprint density at radius 2 is 2.33 bits per heavy atom. The van der Waals surface area contributed by atoms with Gasteiger partial charge in [0, 0.05) is 0 Å². The number of methoxy groups -OCH3 is 1. The molecule has 0 rings (SSSR count). The smallest absolute Gasteiger partial charge is 0.339 e. The number of esters is 1. The molecule has 5 heteroatoms. The van der Waals surface area contributed by atoms with E-state index in [0.717, 1.165) is 0 Å². The molecule has 0 fully saturated rings. The number of carbonyl (C=O) groups is 1. The van der Waals surface area contributed by atoms with Gasteiger partial charge in [0.1, 0.15) is 0 Å². The number of carbonyl (C=O) groups excluding carboxylic acids is 1. The van der Waals surface area contributed by atoms with Crippen molar-refractivity contribution in [1.29, 1.82) is 0 Å². The average molecular weight is 236 g/mol. The van der Waals surface area contributed by atoms with Crippen LogP contribution in [0.3, 0.4) is 0 Å². The highest BCUT2D eigenvalue weighted by Crippen LogP contribution is 2.26. The van der Waals surface area contributed by atoms with E-state index in [4.69, 9.17) is 23.2 Å². The van der Waals surface area contributed by atoms with Crippen LogP contribution in [0.15, 0.2) is 0 Å².